The summed E-state index contributed by atoms with van der Waals surface area (Å²) in [5.41, 5.74) is 0.397. The standard InChI is InChI=1S/C16H13ClF2N6/c1-9(14-12(18)4-3-5-13(14)19)22-15-11(17)7-20-16(24-15)23-10-6-21-25(2)8-10/h3-8H,1H2,2H3,(H2,20,22,23,24). The van der Waals surface area contributed by atoms with Crippen LogP contribution in [-0.4, -0.2) is 19.7 Å². The van der Waals surface area contributed by atoms with Gasteiger partial charge < -0.3 is 10.6 Å². The van der Waals surface area contributed by atoms with Crippen LogP contribution in [0.3, 0.4) is 0 Å². The van der Waals surface area contributed by atoms with Gasteiger partial charge in [0.05, 0.1) is 29.7 Å². The summed E-state index contributed by atoms with van der Waals surface area (Å²) >= 11 is 6.05. The van der Waals surface area contributed by atoms with Crippen molar-refractivity contribution in [3.63, 3.8) is 0 Å². The Balaban J connectivity index is 1.83. The summed E-state index contributed by atoms with van der Waals surface area (Å²) in [6.07, 6.45) is 4.69. The van der Waals surface area contributed by atoms with E-state index >= 15 is 0 Å². The molecule has 0 aliphatic heterocycles. The fourth-order valence-electron chi connectivity index (χ4n) is 2.12. The van der Waals surface area contributed by atoms with Crippen LogP contribution in [0.2, 0.25) is 5.02 Å². The number of hydrogen-bond donors (Lipinski definition) is 2. The Hall–Kier alpha value is -2.74. The second-order valence-electron chi connectivity index (χ2n) is 5.12. The van der Waals surface area contributed by atoms with Gasteiger partial charge >= 0.3 is 0 Å². The second kappa shape index (κ2) is 7.02. The first-order chi connectivity index (χ1) is 11.9. The van der Waals surface area contributed by atoms with Crippen molar-refractivity contribution in [3.8, 4) is 0 Å². The topological polar surface area (TPSA) is 67.7 Å². The highest BCUT2D eigenvalue weighted by molar-refractivity contribution is 6.32. The SMILES string of the molecule is [CH2][C](Nc1nc(Nc2cnn(C)c2)ncc1Cl)c1c(F)cccc1F. The molecule has 2 heterocycles. The van der Waals surface area contributed by atoms with E-state index in [1.54, 1.807) is 24.1 Å². The van der Waals surface area contributed by atoms with Gasteiger partial charge in [0.1, 0.15) is 16.7 Å². The molecule has 25 heavy (non-hydrogen) atoms. The molecule has 0 fully saturated rings. The first kappa shape index (κ1) is 17.1. The third-order valence-electron chi connectivity index (χ3n) is 3.24. The molecular formula is C16H13ClF2N6. The Morgan fingerprint density at radius 2 is 1.96 bits per heavy atom. The summed E-state index contributed by atoms with van der Waals surface area (Å²) in [4.78, 5) is 8.24. The van der Waals surface area contributed by atoms with Crippen LogP contribution in [-0.2, 0) is 7.05 Å². The van der Waals surface area contributed by atoms with Gasteiger partial charge in [0.15, 0.2) is 5.82 Å². The van der Waals surface area contributed by atoms with Crippen molar-refractivity contribution in [1.29, 1.82) is 0 Å². The Kier molecular flexibility index (Phi) is 4.80. The van der Waals surface area contributed by atoms with Crippen molar-refractivity contribution < 1.29 is 8.78 Å². The lowest BCUT2D eigenvalue weighted by Crippen LogP contribution is -2.14. The van der Waals surface area contributed by atoms with Crippen molar-refractivity contribution in [2.75, 3.05) is 10.6 Å². The van der Waals surface area contributed by atoms with Gasteiger partial charge in [-0.2, -0.15) is 10.1 Å². The van der Waals surface area contributed by atoms with Gasteiger partial charge in [-0.25, -0.2) is 13.8 Å². The third-order valence-corrected chi connectivity index (χ3v) is 3.52. The quantitative estimate of drug-likeness (QED) is 0.724. The molecule has 2 radical (unpaired) electrons. The van der Waals surface area contributed by atoms with E-state index < -0.39 is 11.6 Å². The molecule has 2 N–H and O–H groups in total. The van der Waals surface area contributed by atoms with Crippen LogP contribution in [0.5, 0.6) is 0 Å². The molecule has 0 aliphatic rings. The van der Waals surface area contributed by atoms with Crippen LogP contribution >= 0.6 is 11.6 Å². The molecule has 0 amide bonds. The summed E-state index contributed by atoms with van der Waals surface area (Å²) in [6, 6.07) is 3.54. The van der Waals surface area contributed by atoms with Crippen LogP contribution in [0.1, 0.15) is 5.56 Å². The van der Waals surface area contributed by atoms with Crippen LogP contribution in [0.4, 0.5) is 26.2 Å². The minimum Gasteiger partial charge on any atom is -0.356 e. The molecule has 0 aliphatic carbocycles. The summed E-state index contributed by atoms with van der Waals surface area (Å²) in [7, 11) is 1.77. The van der Waals surface area contributed by atoms with E-state index in [4.69, 9.17) is 11.6 Å². The first-order valence-corrected chi connectivity index (χ1v) is 7.50. The zero-order chi connectivity index (χ0) is 18.0. The van der Waals surface area contributed by atoms with Crippen molar-refractivity contribution in [1.82, 2.24) is 19.7 Å². The molecule has 3 rings (SSSR count). The van der Waals surface area contributed by atoms with Crippen molar-refractivity contribution in [3.05, 3.63) is 72.0 Å². The Bertz CT molecular complexity index is 878. The highest BCUT2D eigenvalue weighted by Crippen LogP contribution is 2.27. The van der Waals surface area contributed by atoms with E-state index in [0.717, 1.165) is 12.1 Å². The predicted octanol–water partition coefficient (Wildman–Crippen LogP) is 3.71. The van der Waals surface area contributed by atoms with Crippen molar-refractivity contribution in [2.24, 2.45) is 7.05 Å². The van der Waals surface area contributed by atoms with Gasteiger partial charge in [0.2, 0.25) is 5.95 Å². The molecule has 0 unspecified atom stereocenters. The first-order valence-electron chi connectivity index (χ1n) is 7.12. The zero-order valence-corrected chi connectivity index (χ0v) is 13.8. The lowest BCUT2D eigenvalue weighted by molar-refractivity contribution is 0.567. The third kappa shape index (κ3) is 3.85. The van der Waals surface area contributed by atoms with Crippen LogP contribution in [0.15, 0.2) is 36.8 Å². The number of benzene rings is 1. The molecule has 0 saturated heterocycles. The molecule has 1 aromatic carbocycles. The highest BCUT2D eigenvalue weighted by Gasteiger charge is 2.19. The Morgan fingerprint density at radius 3 is 2.60 bits per heavy atom. The number of nitrogens with one attached hydrogen (secondary N) is 2. The zero-order valence-electron chi connectivity index (χ0n) is 13.1. The predicted molar refractivity (Wildman–Crippen MR) is 91.2 cm³/mol. The second-order valence-corrected chi connectivity index (χ2v) is 5.53. The molecule has 6 nitrogen and oxygen atoms in total. The minimum absolute atomic E-state index is 0.0106. The van der Waals surface area contributed by atoms with E-state index in [0.29, 0.717) is 5.69 Å². The number of halogens is 3. The van der Waals surface area contributed by atoms with Crippen LogP contribution in [0.25, 0.3) is 0 Å². The number of aryl methyl sites for hydroxylation is 1. The van der Waals surface area contributed by atoms with Crippen LogP contribution in [0, 0.1) is 24.6 Å². The van der Waals surface area contributed by atoms with Gasteiger partial charge in [-0.05, 0) is 19.1 Å². The molecule has 0 bridgehead atoms. The average Bonchev–Trinajstić information content (AvgIpc) is 2.95. The van der Waals surface area contributed by atoms with Crippen molar-refractivity contribution in [2.45, 2.75) is 0 Å². The molecule has 2 aromatic heterocycles. The average molecular weight is 363 g/mol. The Morgan fingerprint density at radius 1 is 1.24 bits per heavy atom. The number of hydrogen-bond acceptors (Lipinski definition) is 5. The van der Waals surface area contributed by atoms with Gasteiger partial charge in [-0.3, -0.25) is 4.68 Å². The van der Waals surface area contributed by atoms with Crippen LogP contribution < -0.4 is 10.6 Å². The smallest absolute Gasteiger partial charge is 0.229 e. The molecule has 0 atom stereocenters. The van der Waals surface area contributed by atoms with E-state index in [1.165, 1.54) is 12.3 Å². The number of rotatable bonds is 5. The summed E-state index contributed by atoms with van der Waals surface area (Å²) < 4.78 is 29.3. The van der Waals surface area contributed by atoms with Gasteiger partial charge in [-0.15, -0.1) is 0 Å². The number of nitrogens with zero attached hydrogens (tertiary/aromatic N) is 4. The summed E-state index contributed by atoms with van der Waals surface area (Å²) in [6.45, 7) is 3.66. The van der Waals surface area contributed by atoms with Gasteiger partial charge in [0.25, 0.3) is 0 Å². The Labute approximate surface area is 147 Å². The maximum atomic E-state index is 13.8. The van der Waals surface area contributed by atoms with E-state index in [2.05, 4.69) is 32.6 Å². The van der Waals surface area contributed by atoms with Gasteiger partial charge in [-0.1, -0.05) is 17.7 Å². The highest BCUT2D eigenvalue weighted by atomic mass is 35.5. The summed E-state index contributed by atoms with van der Waals surface area (Å²) in [5, 5.41) is 9.86. The fourth-order valence-corrected chi connectivity index (χ4v) is 2.26. The molecule has 0 spiro atoms. The van der Waals surface area contributed by atoms with E-state index in [-0.39, 0.29) is 28.4 Å². The molecule has 3 aromatic rings. The minimum atomic E-state index is -0.739. The maximum Gasteiger partial charge on any atom is 0.229 e. The largest absolute Gasteiger partial charge is 0.356 e. The number of aromatic nitrogens is 4. The fraction of sp³-hybridized carbons (Fsp3) is 0.0625. The normalized spacial score (nSPS) is 11.0. The van der Waals surface area contributed by atoms with Crippen molar-refractivity contribution >= 4 is 29.1 Å². The summed E-state index contributed by atoms with van der Waals surface area (Å²) in [5.74, 6) is -1.08. The van der Waals surface area contributed by atoms with E-state index in [1.807, 2.05) is 0 Å². The lowest BCUT2D eigenvalue weighted by atomic mass is 10.1. The molecular weight excluding hydrogens is 350 g/mol. The maximum absolute atomic E-state index is 13.8. The lowest BCUT2D eigenvalue weighted by Gasteiger charge is -2.16. The molecule has 128 valence electrons. The van der Waals surface area contributed by atoms with Gasteiger partial charge in [0, 0.05) is 13.2 Å². The van der Waals surface area contributed by atoms with E-state index in [9.17, 15) is 8.78 Å². The number of anilines is 3. The monoisotopic (exact) mass is 362 g/mol. The molecule has 0 saturated carbocycles. The molecule has 9 heteroatoms.